The quantitative estimate of drug-likeness (QED) is 0.0103. The number of allylic oxidation sites excluding steroid dienone is 1. The largest absolute Gasteiger partial charge is 0.481 e. The van der Waals surface area contributed by atoms with Gasteiger partial charge in [0.2, 0.25) is 35.4 Å². The summed E-state index contributed by atoms with van der Waals surface area (Å²) in [5.41, 5.74) is 13.2. The molecule has 0 aromatic heterocycles. The molecule has 628 valence electrons. The normalized spacial score (nSPS) is 22.2. The molecule has 34 nitrogen and oxygen atoms in total. The van der Waals surface area contributed by atoms with Crippen molar-refractivity contribution in [3.8, 4) is 0 Å². The van der Waals surface area contributed by atoms with Crippen LogP contribution in [0.25, 0.3) is 0 Å². The van der Waals surface area contributed by atoms with Crippen molar-refractivity contribution in [2.75, 3.05) is 52.3 Å². The molecule has 2 aromatic rings. The van der Waals surface area contributed by atoms with Gasteiger partial charge in [-0.2, -0.15) is 4.31 Å². The Labute approximate surface area is 661 Å². The molecule has 0 radical (unpaired) electrons. The maximum atomic E-state index is 14.4. The lowest BCUT2D eigenvalue weighted by atomic mass is 9.90. The van der Waals surface area contributed by atoms with Crippen molar-refractivity contribution in [3.63, 3.8) is 0 Å². The first-order chi connectivity index (χ1) is 52.6. The van der Waals surface area contributed by atoms with Crippen LogP contribution in [0.4, 0.5) is 15.3 Å². The molecule has 3 rings (SSSR count). The molecule has 0 aliphatic carbocycles. The molecular weight excluding hydrogens is 1520 g/mol. The van der Waals surface area contributed by atoms with Gasteiger partial charge < -0.3 is 87.2 Å². The number of urea groups is 1. The van der Waals surface area contributed by atoms with Gasteiger partial charge in [0.05, 0.1) is 25.8 Å². The van der Waals surface area contributed by atoms with E-state index in [9.17, 15) is 76.5 Å². The standard InChI is InChI=1S/C75H118ClN11O23P2/c1-15-47(7)64-69(93)82-52(12)73(97)109-65(48(8)16-2)50(10)59(36-27-49(9)72(96)107-60(41-45(3)4)67(91)81-51(11)70(94)87(14)58(42-53-28-32-55(76)33-29-53)71(95)86(13)43-61(88)85-64)108-75(99)80-37-21-19-23-40-106-112(102,103)110-111(100,101)105-39-22-18-17-20-26-62(89)104-44-54-30-34-56(35-31-54)83-66(90)57(25-24-38-79-74(78)98)84-68(92)63(77)46(5)6/h16,27-35,45-47,50-52,57-60,63-65H,15,17-26,36-44,77H2,1-14H3,(H,80,99)(H,81,91)(H,82,93)(H,83,90)(H,84,92)(H,85,88)(H,100,101)(H,102,103)(H3,78,79,98)/b48-16+,49-27+/t47?,50-,51-,52+,57+,58+,59-,60+,63+,64-,65?/m0/s1. The first-order valence-corrected chi connectivity index (χ1v) is 41.1. The number of ether oxygens (including phenoxy) is 4. The summed E-state index contributed by atoms with van der Waals surface area (Å²) in [7, 11) is -7.50. The summed E-state index contributed by atoms with van der Waals surface area (Å²) in [6.45, 7) is 18.6. The van der Waals surface area contributed by atoms with Gasteiger partial charge in [-0.1, -0.05) is 116 Å². The fraction of sp³-hybridized carbons (Fsp3) is 0.627. The number of amides is 10. The molecule has 1 heterocycles. The molecule has 0 fully saturated rings. The molecule has 1 aliphatic rings. The van der Waals surface area contributed by atoms with Crippen molar-refractivity contribution in [3.05, 3.63) is 88.0 Å². The fourth-order valence-corrected chi connectivity index (χ4v) is 13.5. The topological polar surface area (TPSA) is 487 Å². The highest BCUT2D eigenvalue weighted by atomic mass is 35.5. The van der Waals surface area contributed by atoms with Crippen molar-refractivity contribution >= 4 is 104 Å². The van der Waals surface area contributed by atoms with E-state index in [1.807, 2.05) is 0 Å². The van der Waals surface area contributed by atoms with Crippen LogP contribution in [-0.4, -0.2) is 192 Å². The predicted molar refractivity (Wildman–Crippen MR) is 416 cm³/mol. The summed E-state index contributed by atoms with van der Waals surface area (Å²) < 4.78 is 62.9. The number of halogens is 1. The van der Waals surface area contributed by atoms with Crippen molar-refractivity contribution in [2.45, 2.75) is 234 Å². The van der Waals surface area contributed by atoms with E-state index in [2.05, 4.69) is 41.5 Å². The van der Waals surface area contributed by atoms with Gasteiger partial charge in [-0.15, -0.1) is 0 Å². The maximum absolute atomic E-state index is 14.4. The number of nitrogens with two attached hydrogens (primary N) is 2. The van der Waals surface area contributed by atoms with Gasteiger partial charge in [0.25, 0.3) is 5.91 Å². The number of likely N-dealkylation sites (N-methyl/N-ethyl adjacent to an activating group) is 2. The van der Waals surface area contributed by atoms with Crippen molar-refractivity contribution in [1.82, 2.24) is 41.7 Å². The maximum Gasteiger partial charge on any atom is 0.481 e. The molecule has 13 N–H and O–H groups in total. The predicted octanol–water partition coefficient (Wildman–Crippen LogP) is 7.59. The molecule has 112 heavy (non-hydrogen) atoms. The van der Waals surface area contributed by atoms with Crippen LogP contribution in [0.1, 0.15) is 178 Å². The van der Waals surface area contributed by atoms with E-state index in [0.717, 1.165) is 9.80 Å². The third-order valence-electron chi connectivity index (χ3n) is 18.5. The van der Waals surface area contributed by atoms with E-state index in [0.29, 0.717) is 59.5 Å². The summed E-state index contributed by atoms with van der Waals surface area (Å²) in [6, 6.07) is 5.48. The third-order valence-corrected chi connectivity index (χ3v) is 21.4. The number of esters is 3. The van der Waals surface area contributed by atoms with Crippen LogP contribution >= 0.6 is 27.2 Å². The third kappa shape index (κ3) is 36.2. The molecular formula is C75H118ClN11O23P2. The number of nitrogens with one attached hydrogen (secondary N) is 7. The fourth-order valence-electron chi connectivity index (χ4n) is 11.2. The highest BCUT2D eigenvalue weighted by Crippen LogP contribution is 2.60. The van der Waals surface area contributed by atoms with Gasteiger partial charge >= 0.3 is 45.7 Å². The zero-order chi connectivity index (χ0) is 84.2. The number of anilines is 1. The Balaban J connectivity index is 1.63. The second-order valence-electron chi connectivity index (χ2n) is 28.7. The SMILES string of the molecule is C/C=C(\C)C1OC(=O)[C@@H](C)NC(=O)[C@H](C(C)CC)NC(=O)CN(C)C(=O)[C@@H](Cc2ccc(Cl)cc2)N(C)C(=O)[C@H](C)NC(=O)[C@@H](CC(C)C)OC(=O)/C(C)=C/C[C@H](OC(=O)NCCCCCOP(=O)(O)OP(=O)(O)OCCCCCCC(=O)OCc2ccc(NC(=O)[C@@H](CCCNC(N)=O)NC(=O)[C@H](N)C(C)C)cc2)[C@@H]1C. The van der Waals surface area contributed by atoms with E-state index < -0.39 is 167 Å². The zero-order valence-corrected chi connectivity index (χ0v) is 69.3. The Hall–Kier alpha value is -8.33. The average molecular weight is 1640 g/mol. The lowest BCUT2D eigenvalue weighted by Gasteiger charge is -2.33. The number of rotatable bonds is 36. The number of phosphoric acid groups is 2. The summed E-state index contributed by atoms with van der Waals surface area (Å²) >= 11 is 6.17. The van der Waals surface area contributed by atoms with Crippen molar-refractivity contribution in [1.29, 1.82) is 0 Å². The van der Waals surface area contributed by atoms with Crippen LogP contribution in [-0.2, 0) is 102 Å². The number of primary amides is 1. The number of unbranched alkanes of at least 4 members (excludes halogenated alkanes) is 5. The first kappa shape index (κ1) is 97.9. The molecule has 0 saturated heterocycles. The van der Waals surface area contributed by atoms with Crippen LogP contribution < -0.4 is 48.7 Å². The minimum atomic E-state index is -5.13. The van der Waals surface area contributed by atoms with Gasteiger partial charge in [-0.25, -0.2) is 28.3 Å². The number of carbonyl (C=O) groups excluding carboxylic acids is 12. The summed E-state index contributed by atoms with van der Waals surface area (Å²) in [4.78, 5) is 185. The Morgan fingerprint density at radius 2 is 1.35 bits per heavy atom. The van der Waals surface area contributed by atoms with E-state index >= 15 is 0 Å². The number of cyclic esters (lactones) is 2. The monoisotopic (exact) mass is 1640 g/mol. The number of phosphoric ester groups is 2. The molecule has 37 heteroatoms. The Morgan fingerprint density at radius 1 is 0.759 bits per heavy atom. The number of benzene rings is 2. The number of hydrogen-bond donors (Lipinski definition) is 11. The number of nitrogens with zero attached hydrogens (tertiary/aromatic N) is 2. The Bertz CT molecular complexity index is 3630. The Morgan fingerprint density at radius 3 is 1.94 bits per heavy atom. The lowest BCUT2D eigenvalue weighted by Crippen LogP contribution is -2.57. The molecule has 10 amide bonds. The van der Waals surface area contributed by atoms with E-state index in [4.69, 9.17) is 51.1 Å². The number of hydrogen-bond acceptors (Lipinski definition) is 22. The van der Waals surface area contributed by atoms with E-state index in [1.54, 1.807) is 117 Å². The zero-order valence-electron chi connectivity index (χ0n) is 66.7. The second kappa shape index (κ2) is 49.3. The minimum absolute atomic E-state index is 0.00941. The molecule has 0 spiro atoms. The van der Waals surface area contributed by atoms with E-state index in [-0.39, 0.29) is 101 Å². The first-order valence-electron chi connectivity index (χ1n) is 37.7. The summed E-state index contributed by atoms with van der Waals surface area (Å²) in [6.07, 6.45) is 1.37. The molecule has 0 bridgehead atoms. The molecule has 1 aliphatic heterocycles. The summed E-state index contributed by atoms with van der Waals surface area (Å²) in [5.74, 6) is -8.77. The summed E-state index contributed by atoms with van der Waals surface area (Å²) in [5, 5.41) is 18.9. The second-order valence-corrected chi connectivity index (χ2v) is 32.1. The number of carbonyl (C=O) groups is 12. The molecule has 13 atom stereocenters. The van der Waals surface area contributed by atoms with Gasteiger partial charge in [0.1, 0.15) is 49.0 Å². The van der Waals surface area contributed by atoms with Crippen LogP contribution in [0.3, 0.4) is 0 Å². The lowest BCUT2D eigenvalue weighted by molar-refractivity contribution is -0.155. The average Bonchev–Trinajstić information content (AvgIpc) is 0.830. The van der Waals surface area contributed by atoms with Crippen LogP contribution in [0, 0.1) is 23.7 Å². The van der Waals surface area contributed by atoms with Gasteiger partial charge in [0.15, 0.2) is 6.10 Å². The van der Waals surface area contributed by atoms with Gasteiger partial charge in [-0.05, 0) is 145 Å². The smallest absolute Gasteiger partial charge is 0.461 e. The van der Waals surface area contributed by atoms with Crippen LogP contribution in [0.2, 0.25) is 5.02 Å². The van der Waals surface area contributed by atoms with E-state index in [1.165, 1.54) is 40.9 Å². The highest BCUT2D eigenvalue weighted by molar-refractivity contribution is 7.61. The minimum Gasteiger partial charge on any atom is -0.461 e. The van der Waals surface area contributed by atoms with Crippen LogP contribution in [0.15, 0.2) is 71.8 Å². The van der Waals surface area contributed by atoms with Crippen LogP contribution in [0.5, 0.6) is 0 Å². The highest BCUT2D eigenvalue weighted by Gasteiger charge is 2.39. The molecule has 2 aromatic carbocycles. The van der Waals surface area contributed by atoms with Crippen molar-refractivity contribution in [2.24, 2.45) is 35.1 Å². The Kier molecular flexibility index (Phi) is 43.1. The van der Waals surface area contributed by atoms with Gasteiger partial charge in [-0.3, -0.25) is 47.4 Å². The van der Waals surface area contributed by atoms with Crippen molar-refractivity contribution < 1.29 is 109 Å². The molecule has 0 saturated carbocycles. The van der Waals surface area contributed by atoms with Gasteiger partial charge in [0, 0.05) is 68.6 Å². The number of alkyl carbamates (subject to hydrolysis) is 1. The molecule has 4 unspecified atom stereocenters.